The SMILES string of the molecule is N#Cc1c[nH]c(=O)c2cnccc12. The molecule has 0 bridgehead atoms. The molecule has 2 rings (SSSR count). The van der Waals surface area contributed by atoms with E-state index in [0.29, 0.717) is 16.3 Å². The first kappa shape index (κ1) is 7.50. The fourth-order valence-corrected chi connectivity index (χ4v) is 1.20. The second kappa shape index (κ2) is 2.72. The van der Waals surface area contributed by atoms with E-state index < -0.39 is 0 Å². The maximum Gasteiger partial charge on any atom is 0.257 e. The Kier molecular flexibility index (Phi) is 1.57. The van der Waals surface area contributed by atoms with E-state index in [4.69, 9.17) is 5.26 Å². The molecule has 2 heterocycles. The summed E-state index contributed by atoms with van der Waals surface area (Å²) in [5.74, 6) is 0. The molecule has 0 atom stereocenters. The van der Waals surface area contributed by atoms with Crippen LogP contribution in [0.25, 0.3) is 10.8 Å². The number of hydrogen-bond acceptors (Lipinski definition) is 3. The third-order valence-electron chi connectivity index (χ3n) is 1.82. The van der Waals surface area contributed by atoms with Crippen molar-refractivity contribution in [3.63, 3.8) is 0 Å². The molecule has 1 N–H and O–H groups in total. The van der Waals surface area contributed by atoms with Gasteiger partial charge in [-0.05, 0) is 6.07 Å². The molecule has 62 valence electrons. The normalized spacial score (nSPS) is 9.77. The van der Waals surface area contributed by atoms with Crippen molar-refractivity contribution in [1.29, 1.82) is 5.26 Å². The summed E-state index contributed by atoms with van der Waals surface area (Å²) >= 11 is 0. The summed E-state index contributed by atoms with van der Waals surface area (Å²) < 4.78 is 0. The zero-order chi connectivity index (χ0) is 9.26. The van der Waals surface area contributed by atoms with Gasteiger partial charge in [-0.25, -0.2) is 0 Å². The van der Waals surface area contributed by atoms with Crippen LogP contribution in [0.2, 0.25) is 0 Å². The van der Waals surface area contributed by atoms with E-state index in [2.05, 4.69) is 9.97 Å². The van der Waals surface area contributed by atoms with Crippen molar-refractivity contribution in [2.45, 2.75) is 0 Å². The van der Waals surface area contributed by atoms with E-state index in [1.165, 1.54) is 12.4 Å². The molecular weight excluding hydrogens is 166 g/mol. The van der Waals surface area contributed by atoms with Crippen LogP contribution in [0, 0.1) is 11.3 Å². The molecule has 0 aliphatic carbocycles. The molecule has 13 heavy (non-hydrogen) atoms. The van der Waals surface area contributed by atoms with E-state index in [1.807, 2.05) is 6.07 Å². The second-order valence-corrected chi connectivity index (χ2v) is 2.56. The van der Waals surface area contributed by atoms with E-state index >= 15 is 0 Å². The van der Waals surface area contributed by atoms with Gasteiger partial charge in [0.15, 0.2) is 0 Å². The predicted octanol–water partition coefficient (Wildman–Crippen LogP) is 0.795. The van der Waals surface area contributed by atoms with Gasteiger partial charge in [0, 0.05) is 24.0 Å². The van der Waals surface area contributed by atoms with Gasteiger partial charge in [0.2, 0.25) is 0 Å². The Labute approximate surface area is 73.5 Å². The number of hydrogen-bond donors (Lipinski definition) is 1. The van der Waals surface area contributed by atoms with Gasteiger partial charge in [-0.15, -0.1) is 0 Å². The number of aromatic amines is 1. The van der Waals surface area contributed by atoms with Gasteiger partial charge in [-0.1, -0.05) is 0 Å². The summed E-state index contributed by atoms with van der Waals surface area (Å²) in [5, 5.41) is 9.82. The lowest BCUT2D eigenvalue weighted by Gasteiger charge is -1.96. The Hall–Kier alpha value is -2.15. The van der Waals surface area contributed by atoms with Gasteiger partial charge in [-0.2, -0.15) is 5.26 Å². The molecule has 0 unspecified atom stereocenters. The molecule has 0 aliphatic rings. The Morgan fingerprint density at radius 1 is 1.46 bits per heavy atom. The molecule has 4 nitrogen and oxygen atoms in total. The minimum Gasteiger partial charge on any atom is -0.327 e. The van der Waals surface area contributed by atoms with Gasteiger partial charge >= 0.3 is 0 Å². The van der Waals surface area contributed by atoms with Crippen molar-refractivity contribution in [1.82, 2.24) is 9.97 Å². The van der Waals surface area contributed by atoms with Crippen LogP contribution in [0.3, 0.4) is 0 Å². The fourth-order valence-electron chi connectivity index (χ4n) is 1.20. The van der Waals surface area contributed by atoms with Crippen molar-refractivity contribution in [2.75, 3.05) is 0 Å². The fraction of sp³-hybridized carbons (Fsp3) is 0. The number of H-pyrrole nitrogens is 1. The number of rotatable bonds is 0. The Balaban J connectivity index is 3.04. The molecule has 0 saturated carbocycles. The lowest BCUT2D eigenvalue weighted by molar-refractivity contribution is 1.24. The minimum absolute atomic E-state index is 0.220. The summed E-state index contributed by atoms with van der Waals surface area (Å²) in [6.07, 6.45) is 4.42. The molecular formula is C9H5N3O. The number of fused-ring (bicyclic) bond motifs is 1. The van der Waals surface area contributed by atoms with E-state index in [0.717, 1.165) is 0 Å². The Morgan fingerprint density at radius 3 is 3.08 bits per heavy atom. The molecule has 0 saturated heterocycles. The number of aromatic nitrogens is 2. The molecule has 0 aromatic carbocycles. The molecule has 0 fully saturated rings. The highest BCUT2D eigenvalue weighted by Crippen LogP contribution is 2.10. The molecule has 0 spiro atoms. The van der Waals surface area contributed by atoms with E-state index in [-0.39, 0.29) is 5.56 Å². The number of nitrogens with one attached hydrogen (secondary N) is 1. The van der Waals surface area contributed by atoms with Crippen LogP contribution in [-0.4, -0.2) is 9.97 Å². The summed E-state index contributed by atoms with van der Waals surface area (Å²) in [6, 6.07) is 3.66. The molecule has 2 aromatic heterocycles. The van der Waals surface area contributed by atoms with Crippen molar-refractivity contribution in [3.8, 4) is 6.07 Å². The van der Waals surface area contributed by atoms with Crippen LogP contribution in [-0.2, 0) is 0 Å². The predicted molar refractivity (Wildman–Crippen MR) is 47.1 cm³/mol. The van der Waals surface area contributed by atoms with Crippen LogP contribution in [0.5, 0.6) is 0 Å². The molecule has 0 amide bonds. The Morgan fingerprint density at radius 2 is 2.31 bits per heavy atom. The maximum absolute atomic E-state index is 11.2. The van der Waals surface area contributed by atoms with Crippen LogP contribution < -0.4 is 5.56 Å². The topological polar surface area (TPSA) is 69.5 Å². The highest BCUT2D eigenvalue weighted by Gasteiger charge is 2.02. The third-order valence-corrected chi connectivity index (χ3v) is 1.82. The van der Waals surface area contributed by atoms with E-state index in [9.17, 15) is 4.79 Å². The number of pyridine rings is 2. The zero-order valence-corrected chi connectivity index (χ0v) is 6.61. The van der Waals surface area contributed by atoms with Crippen molar-refractivity contribution in [2.24, 2.45) is 0 Å². The van der Waals surface area contributed by atoms with Crippen LogP contribution in [0.15, 0.2) is 29.5 Å². The van der Waals surface area contributed by atoms with Crippen LogP contribution >= 0.6 is 0 Å². The second-order valence-electron chi connectivity index (χ2n) is 2.56. The van der Waals surface area contributed by atoms with E-state index in [1.54, 1.807) is 12.3 Å². The molecule has 0 radical (unpaired) electrons. The first-order chi connectivity index (χ1) is 6.33. The standard InChI is InChI=1S/C9H5N3O/c10-3-6-4-12-9(13)8-5-11-2-1-7(6)8/h1-2,4-5H,(H,12,13). The molecule has 2 aromatic rings. The van der Waals surface area contributed by atoms with Gasteiger partial charge in [0.1, 0.15) is 6.07 Å². The van der Waals surface area contributed by atoms with Crippen molar-refractivity contribution < 1.29 is 0 Å². The largest absolute Gasteiger partial charge is 0.327 e. The maximum atomic E-state index is 11.2. The summed E-state index contributed by atoms with van der Waals surface area (Å²) in [4.78, 5) is 17.5. The number of nitriles is 1. The lowest BCUT2D eigenvalue weighted by Crippen LogP contribution is -2.06. The average molecular weight is 171 g/mol. The summed E-state index contributed by atoms with van der Waals surface area (Å²) in [6.45, 7) is 0. The minimum atomic E-state index is -0.220. The van der Waals surface area contributed by atoms with Gasteiger partial charge in [-0.3, -0.25) is 9.78 Å². The zero-order valence-electron chi connectivity index (χ0n) is 6.61. The smallest absolute Gasteiger partial charge is 0.257 e. The summed E-state index contributed by atoms with van der Waals surface area (Å²) in [7, 11) is 0. The van der Waals surface area contributed by atoms with Gasteiger partial charge < -0.3 is 4.98 Å². The summed E-state index contributed by atoms with van der Waals surface area (Å²) in [5.41, 5.74) is 0.235. The lowest BCUT2D eigenvalue weighted by atomic mass is 10.1. The third kappa shape index (κ3) is 1.07. The quantitative estimate of drug-likeness (QED) is 0.637. The van der Waals surface area contributed by atoms with Crippen LogP contribution in [0.4, 0.5) is 0 Å². The molecule has 4 heteroatoms. The van der Waals surface area contributed by atoms with Gasteiger partial charge in [0.25, 0.3) is 5.56 Å². The Bertz CT molecular complexity index is 551. The number of nitrogens with zero attached hydrogens (tertiary/aromatic N) is 2. The highest BCUT2D eigenvalue weighted by atomic mass is 16.1. The monoisotopic (exact) mass is 171 g/mol. The first-order valence-electron chi connectivity index (χ1n) is 3.68. The van der Waals surface area contributed by atoms with Gasteiger partial charge in [0.05, 0.1) is 10.9 Å². The van der Waals surface area contributed by atoms with Crippen molar-refractivity contribution >= 4 is 10.8 Å². The highest BCUT2D eigenvalue weighted by molar-refractivity contribution is 5.85. The van der Waals surface area contributed by atoms with Crippen molar-refractivity contribution in [3.05, 3.63) is 40.6 Å². The van der Waals surface area contributed by atoms with Crippen LogP contribution in [0.1, 0.15) is 5.56 Å². The first-order valence-corrected chi connectivity index (χ1v) is 3.68. The average Bonchev–Trinajstić information content (AvgIpc) is 2.19. The molecule has 0 aliphatic heterocycles.